The summed E-state index contributed by atoms with van der Waals surface area (Å²) >= 11 is 3.68. The second-order valence-electron chi connectivity index (χ2n) is 6.07. The Balaban J connectivity index is 1.71. The lowest BCUT2D eigenvalue weighted by Gasteiger charge is -2.33. The average Bonchev–Trinajstić information content (AvgIpc) is 2.76. The van der Waals surface area contributed by atoms with E-state index in [-0.39, 0.29) is 0 Å². The third-order valence-corrected chi connectivity index (χ3v) is 5.36. The molecule has 19 heavy (non-hydrogen) atoms. The van der Waals surface area contributed by atoms with Crippen LogP contribution in [0.4, 0.5) is 0 Å². The summed E-state index contributed by atoms with van der Waals surface area (Å²) in [6, 6.07) is 8.62. The van der Waals surface area contributed by atoms with Gasteiger partial charge in [-0.1, -0.05) is 47.0 Å². The molecule has 1 aromatic rings. The molecule has 2 nitrogen and oxygen atoms in total. The summed E-state index contributed by atoms with van der Waals surface area (Å²) in [6.45, 7) is 4.70. The number of nitrogens with zero attached hydrogens (tertiary/aromatic N) is 1. The van der Waals surface area contributed by atoms with Crippen molar-refractivity contribution in [2.24, 2.45) is 0 Å². The van der Waals surface area contributed by atoms with Gasteiger partial charge in [0.25, 0.3) is 0 Å². The molecule has 1 aliphatic carbocycles. The van der Waals surface area contributed by atoms with Gasteiger partial charge in [0.2, 0.25) is 0 Å². The van der Waals surface area contributed by atoms with Crippen LogP contribution in [0.25, 0.3) is 0 Å². The molecule has 1 aliphatic heterocycles. The summed E-state index contributed by atoms with van der Waals surface area (Å²) in [5.74, 6) is 0. The maximum Gasteiger partial charge on any atom is 0.0308 e. The van der Waals surface area contributed by atoms with Crippen molar-refractivity contribution in [3.63, 3.8) is 0 Å². The third kappa shape index (κ3) is 3.21. The van der Waals surface area contributed by atoms with E-state index in [4.69, 9.17) is 0 Å². The van der Waals surface area contributed by atoms with Crippen LogP contribution < -0.4 is 5.32 Å². The highest BCUT2D eigenvalue weighted by Gasteiger charge is 2.36. The van der Waals surface area contributed by atoms with Crippen molar-refractivity contribution in [1.29, 1.82) is 0 Å². The van der Waals surface area contributed by atoms with Crippen LogP contribution in [-0.2, 0) is 6.54 Å². The molecule has 1 N–H and O–H groups in total. The number of hydrogen-bond donors (Lipinski definition) is 1. The predicted octanol–water partition coefficient (Wildman–Crippen LogP) is 3.56. The third-order valence-electron chi connectivity index (χ3n) is 4.59. The van der Waals surface area contributed by atoms with Gasteiger partial charge in [-0.25, -0.2) is 0 Å². The number of hydrogen-bond acceptors (Lipinski definition) is 2. The van der Waals surface area contributed by atoms with Crippen molar-refractivity contribution in [1.82, 2.24) is 10.2 Å². The van der Waals surface area contributed by atoms with E-state index < -0.39 is 0 Å². The number of rotatable bonds is 2. The largest absolute Gasteiger partial charge is 0.310 e. The zero-order chi connectivity index (χ0) is 13.1. The van der Waals surface area contributed by atoms with Crippen LogP contribution in [0.5, 0.6) is 0 Å². The van der Waals surface area contributed by atoms with E-state index >= 15 is 0 Å². The molecule has 1 spiro atoms. The molecule has 3 rings (SSSR count). The fraction of sp³-hybridized carbons (Fsp3) is 0.625. The molecule has 0 unspecified atom stereocenters. The maximum absolute atomic E-state index is 3.83. The van der Waals surface area contributed by atoms with E-state index in [1.165, 1.54) is 61.8 Å². The van der Waals surface area contributed by atoms with Gasteiger partial charge < -0.3 is 5.32 Å². The lowest BCUT2D eigenvalue weighted by Crippen LogP contribution is -2.49. The van der Waals surface area contributed by atoms with E-state index in [1.54, 1.807) is 0 Å². The normalized spacial score (nSPS) is 23.6. The zero-order valence-corrected chi connectivity index (χ0v) is 13.1. The Morgan fingerprint density at radius 2 is 1.95 bits per heavy atom. The minimum atomic E-state index is 0.414. The molecule has 1 saturated carbocycles. The van der Waals surface area contributed by atoms with Gasteiger partial charge in [-0.05, 0) is 44.0 Å². The fourth-order valence-corrected chi connectivity index (χ4v) is 4.02. The quantitative estimate of drug-likeness (QED) is 0.895. The van der Waals surface area contributed by atoms with E-state index in [1.807, 2.05) is 0 Å². The van der Waals surface area contributed by atoms with Gasteiger partial charge >= 0.3 is 0 Å². The van der Waals surface area contributed by atoms with Gasteiger partial charge in [-0.3, -0.25) is 4.90 Å². The second kappa shape index (κ2) is 5.94. The fourth-order valence-electron chi connectivity index (χ4n) is 3.61. The molecule has 0 amide bonds. The molecule has 1 heterocycles. The van der Waals surface area contributed by atoms with Crippen molar-refractivity contribution in [3.05, 3.63) is 34.3 Å². The minimum Gasteiger partial charge on any atom is -0.310 e. The average molecular weight is 323 g/mol. The lowest BCUT2D eigenvalue weighted by molar-refractivity contribution is 0.203. The molecule has 2 aliphatic rings. The predicted molar refractivity (Wildman–Crippen MR) is 83.2 cm³/mol. The molecule has 3 heteroatoms. The first-order valence-corrected chi connectivity index (χ1v) is 8.28. The monoisotopic (exact) mass is 322 g/mol. The molecule has 0 radical (unpaired) electrons. The molecular formula is C16H23BrN2. The smallest absolute Gasteiger partial charge is 0.0308 e. The van der Waals surface area contributed by atoms with E-state index in [0.717, 1.165) is 6.54 Å². The van der Waals surface area contributed by atoms with Crippen LogP contribution in [0.3, 0.4) is 0 Å². The Bertz CT molecular complexity index is 427. The minimum absolute atomic E-state index is 0.414. The van der Waals surface area contributed by atoms with Crippen molar-refractivity contribution >= 4 is 15.9 Å². The van der Waals surface area contributed by atoms with Crippen molar-refractivity contribution in [3.8, 4) is 0 Å². The summed E-state index contributed by atoms with van der Waals surface area (Å²) in [5, 5.41) is 3.83. The zero-order valence-electron chi connectivity index (χ0n) is 11.5. The van der Waals surface area contributed by atoms with Gasteiger partial charge in [0, 0.05) is 23.1 Å². The number of benzene rings is 1. The van der Waals surface area contributed by atoms with E-state index in [9.17, 15) is 0 Å². The Morgan fingerprint density at radius 1 is 1.16 bits per heavy atom. The second-order valence-corrected chi connectivity index (χ2v) is 6.92. The number of nitrogens with one attached hydrogen (secondary N) is 1. The summed E-state index contributed by atoms with van der Waals surface area (Å²) in [6.07, 6.45) is 6.79. The van der Waals surface area contributed by atoms with Gasteiger partial charge in [-0.2, -0.15) is 0 Å². The van der Waals surface area contributed by atoms with Crippen LogP contribution in [0.2, 0.25) is 0 Å². The highest BCUT2D eigenvalue weighted by atomic mass is 79.9. The van der Waals surface area contributed by atoms with Gasteiger partial charge in [-0.15, -0.1) is 0 Å². The van der Waals surface area contributed by atoms with Crippen molar-refractivity contribution in [2.45, 2.75) is 44.2 Å². The van der Waals surface area contributed by atoms with Gasteiger partial charge in [0.05, 0.1) is 0 Å². The summed E-state index contributed by atoms with van der Waals surface area (Å²) in [4.78, 5) is 2.64. The first-order valence-electron chi connectivity index (χ1n) is 7.48. The number of halogens is 1. The Labute approximate surface area is 124 Å². The van der Waals surface area contributed by atoms with E-state index in [0.29, 0.717) is 5.54 Å². The van der Waals surface area contributed by atoms with Crippen molar-refractivity contribution < 1.29 is 0 Å². The van der Waals surface area contributed by atoms with Gasteiger partial charge in [0.15, 0.2) is 0 Å². The SMILES string of the molecule is Brc1ccccc1CN1CCCNC2(CCCC2)C1. The molecular weight excluding hydrogens is 300 g/mol. The lowest BCUT2D eigenvalue weighted by atomic mass is 9.97. The van der Waals surface area contributed by atoms with Crippen LogP contribution in [0, 0.1) is 0 Å². The highest BCUT2D eigenvalue weighted by Crippen LogP contribution is 2.32. The maximum atomic E-state index is 3.83. The molecule has 2 fully saturated rings. The molecule has 0 bridgehead atoms. The van der Waals surface area contributed by atoms with Crippen molar-refractivity contribution in [2.75, 3.05) is 19.6 Å². The highest BCUT2D eigenvalue weighted by molar-refractivity contribution is 9.10. The summed E-state index contributed by atoms with van der Waals surface area (Å²) in [7, 11) is 0. The topological polar surface area (TPSA) is 15.3 Å². The standard InChI is InChI=1S/C16H23BrN2/c17-15-7-2-1-6-14(15)12-19-11-5-10-18-16(13-19)8-3-4-9-16/h1-2,6-7,18H,3-5,8-13H2. The Kier molecular flexibility index (Phi) is 4.25. The molecule has 0 aromatic heterocycles. The Morgan fingerprint density at radius 3 is 2.74 bits per heavy atom. The summed E-state index contributed by atoms with van der Waals surface area (Å²) < 4.78 is 1.24. The summed E-state index contributed by atoms with van der Waals surface area (Å²) in [5.41, 5.74) is 1.83. The van der Waals surface area contributed by atoms with Crippen LogP contribution in [0.1, 0.15) is 37.7 Å². The van der Waals surface area contributed by atoms with Crippen LogP contribution in [-0.4, -0.2) is 30.1 Å². The van der Waals surface area contributed by atoms with E-state index in [2.05, 4.69) is 50.4 Å². The Hall–Kier alpha value is -0.380. The van der Waals surface area contributed by atoms with Crippen LogP contribution in [0.15, 0.2) is 28.7 Å². The molecule has 1 saturated heterocycles. The van der Waals surface area contributed by atoms with Crippen LogP contribution >= 0.6 is 15.9 Å². The first-order chi connectivity index (χ1) is 9.27. The molecule has 0 atom stereocenters. The molecule has 104 valence electrons. The van der Waals surface area contributed by atoms with Gasteiger partial charge in [0.1, 0.15) is 0 Å². The first kappa shape index (κ1) is 13.6. The molecule has 1 aromatic carbocycles.